The standard InChI is InChI=1S/C15H21NO/c1-2-12-3-4-14-10-16(7-5-13(14)9-12)15-6-8-17-11-15/h3-4,9,15H,2,5-8,10-11H2,1H3. The minimum absolute atomic E-state index is 0.661. The lowest BCUT2D eigenvalue weighted by molar-refractivity contribution is 0.135. The molecule has 0 bridgehead atoms. The number of aryl methyl sites for hydroxylation is 1. The van der Waals surface area contributed by atoms with Crippen LogP contribution in [0.15, 0.2) is 18.2 Å². The van der Waals surface area contributed by atoms with Crippen LogP contribution in [-0.2, 0) is 24.1 Å². The number of rotatable bonds is 2. The second-order valence-electron chi connectivity index (χ2n) is 5.19. The number of ether oxygens (including phenoxy) is 1. The van der Waals surface area contributed by atoms with E-state index in [1.54, 1.807) is 5.56 Å². The summed E-state index contributed by atoms with van der Waals surface area (Å²) in [6.45, 7) is 6.43. The topological polar surface area (TPSA) is 12.5 Å². The molecule has 2 aliphatic heterocycles. The summed E-state index contributed by atoms with van der Waals surface area (Å²) in [7, 11) is 0. The SMILES string of the molecule is CCc1ccc2c(c1)CCN(C1CCOC1)C2. The number of fused-ring (bicyclic) bond motifs is 1. The van der Waals surface area contributed by atoms with Gasteiger partial charge in [0, 0.05) is 25.7 Å². The van der Waals surface area contributed by atoms with Gasteiger partial charge >= 0.3 is 0 Å². The first-order valence-electron chi connectivity index (χ1n) is 6.79. The molecular weight excluding hydrogens is 210 g/mol. The van der Waals surface area contributed by atoms with Gasteiger partial charge in [0.05, 0.1) is 6.61 Å². The van der Waals surface area contributed by atoms with Crippen LogP contribution in [0.2, 0.25) is 0 Å². The molecule has 1 fully saturated rings. The molecule has 3 rings (SSSR count). The highest BCUT2D eigenvalue weighted by Gasteiger charge is 2.26. The highest BCUT2D eigenvalue weighted by Crippen LogP contribution is 2.24. The summed E-state index contributed by atoms with van der Waals surface area (Å²) in [5.74, 6) is 0. The van der Waals surface area contributed by atoms with E-state index < -0.39 is 0 Å². The molecule has 0 amide bonds. The van der Waals surface area contributed by atoms with Crippen LogP contribution in [0.25, 0.3) is 0 Å². The third-order valence-electron chi connectivity index (χ3n) is 4.14. The lowest BCUT2D eigenvalue weighted by atomic mass is 9.95. The summed E-state index contributed by atoms with van der Waals surface area (Å²) in [6.07, 6.45) is 3.56. The first-order valence-corrected chi connectivity index (χ1v) is 6.79. The zero-order chi connectivity index (χ0) is 11.7. The van der Waals surface area contributed by atoms with Crippen LogP contribution in [0.4, 0.5) is 0 Å². The van der Waals surface area contributed by atoms with Gasteiger partial charge in [-0.2, -0.15) is 0 Å². The molecule has 0 aliphatic carbocycles. The second kappa shape index (κ2) is 4.79. The summed E-state index contributed by atoms with van der Waals surface area (Å²) in [6, 6.07) is 7.68. The minimum atomic E-state index is 0.661. The molecule has 0 aromatic heterocycles. The Kier molecular flexibility index (Phi) is 3.17. The van der Waals surface area contributed by atoms with Gasteiger partial charge in [-0.15, -0.1) is 0 Å². The van der Waals surface area contributed by atoms with E-state index in [-0.39, 0.29) is 0 Å². The Labute approximate surface area is 104 Å². The predicted octanol–water partition coefficient (Wildman–Crippen LogP) is 2.40. The summed E-state index contributed by atoms with van der Waals surface area (Å²) in [5.41, 5.74) is 4.57. The normalized spacial score (nSPS) is 24.9. The molecule has 1 aromatic rings. The Balaban J connectivity index is 1.76. The summed E-state index contributed by atoms with van der Waals surface area (Å²) < 4.78 is 5.49. The van der Waals surface area contributed by atoms with Crippen molar-refractivity contribution in [2.45, 2.75) is 38.8 Å². The quantitative estimate of drug-likeness (QED) is 0.775. The lowest BCUT2D eigenvalue weighted by Crippen LogP contribution is -2.39. The van der Waals surface area contributed by atoms with Crippen LogP contribution in [-0.4, -0.2) is 30.7 Å². The fraction of sp³-hybridized carbons (Fsp3) is 0.600. The zero-order valence-electron chi connectivity index (χ0n) is 10.6. The first kappa shape index (κ1) is 11.2. The van der Waals surface area contributed by atoms with Crippen molar-refractivity contribution < 1.29 is 4.74 Å². The van der Waals surface area contributed by atoms with Crippen molar-refractivity contribution in [1.82, 2.24) is 4.90 Å². The van der Waals surface area contributed by atoms with Crippen LogP contribution in [0.5, 0.6) is 0 Å². The molecule has 17 heavy (non-hydrogen) atoms. The highest BCUT2D eigenvalue weighted by molar-refractivity contribution is 5.34. The molecule has 2 aliphatic rings. The Hall–Kier alpha value is -0.860. The minimum Gasteiger partial charge on any atom is -0.380 e. The van der Waals surface area contributed by atoms with E-state index in [1.165, 1.54) is 30.5 Å². The number of hydrogen-bond donors (Lipinski definition) is 0. The molecule has 2 heterocycles. The third kappa shape index (κ3) is 2.24. The van der Waals surface area contributed by atoms with E-state index in [0.29, 0.717) is 6.04 Å². The van der Waals surface area contributed by atoms with E-state index >= 15 is 0 Å². The van der Waals surface area contributed by atoms with Crippen molar-refractivity contribution in [3.05, 3.63) is 34.9 Å². The number of benzene rings is 1. The monoisotopic (exact) mass is 231 g/mol. The van der Waals surface area contributed by atoms with E-state index in [4.69, 9.17) is 4.74 Å². The van der Waals surface area contributed by atoms with Crippen LogP contribution in [0, 0.1) is 0 Å². The van der Waals surface area contributed by atoms with E-state index in [1.807, 2.05) is 0 Å². The molecule has 1 aromatic carbocycles. The van der Waals surface area contributed by atoms with Crippen molar-refractivity contribution in [3.8, 4) is 0 Å². The van der Waals surface area contributed by atoms with E-state index in [0.717, 1.165) is 26.2 Å². The van der Waals surface area contributed by atoms with Gasteiger partial charge in [0.2, 0.25) is 0 Å². The molecule has 2 heteroatoms. The maximum Gasteiger partial charge on any atom is 0.0622 e. The molecule has 0 N–H and O–H groups in total. The number of hydrogen-bond acceptors (Lipinski definition) is 2. The molecule has 1 unspecified atom stereocenters. The average molecular weight is 231 g/mol. The summed E-state index contributed by atoms with van der Waals surface area (Å²) in [5, 5.41) is 0. The van der Waals surface area contributed by atoms with Gasteiger partial charge in [-0.3, -0.25) is 4.90 Å². The smallest absolute Gasteiger partial charge is 0.0622 e. The molecular formula is C15H21NO. The van der Waals surface area contributed by atoms with Crippen molar-refractivity contribution in [1.29, 1.82) is 0 Å². The zero-order valence-corrected chi connectivity index (χ0v) is 10.6. The Bertz CT molecular complexity index is 396. The van der Waals surface area contributed by atoms with Gasteiger partial charge in [-0.05, 0) is 36.0 Å². The molecule has 0 spiro atoms. The van der Waals surface area contributed by atoms with Gasteiger partial charge in [0.15, 0.2) is 0 Å². The van der Waals surface area contributed by atoms with Gasteiger partial charge in [0.25, 0.3) is 0 Å². The second-order valence-corrected chi connectivity index (χ2v) is 5.19. The first-order chi connectivity index (χ1) is 8.36. The van der Waals surface area contributed by atoms with Gasteiger partial charge in [0.1, 0.15) is 0 Å². The third-order valence-corrected chi connectivity index (χ3v) is 4.14. The molecule has 1 atom stereocenters. The molecule has 0 saturated carbocycles. The molecule has 2 nitrogen and oxygen atoms in total. The average Bonchev–Trinajstić information content (AvgIpc) is 2.91. The summed E-state index contributed by atoms with van der Waals surface area (Å²) >= 11 is 0. The maximum atomic E-state index is 5.49. The van der Waals surface area contributed by atoms with Gasteiger partial charge < -0.3 is 4.74 Å². The van der Waals surface area contributed by atoms with E-state index in [2.05, 4.69) is 30.0 Å². The van der Waals surface area contributed by atoms with Crippen LogP contribution in [0.3, 0.4) is 0 Å². The van der Waals surface area contributed by atoms with E-state index in [9.17, 15) is 0 Å². The molecule has 92 valence electrons. The van der Waals surface area contributed by atoms with Crippen LogP contribution >= 0.6 is 0 Å². The molecule has 1 saturated heterocycles. The Morgan fingerprint density at radius 2 is 2.29 bits per heavy atom. The largest absolute Gasteiger partial charge is 0.380 e. The van der Waals surface area contributed by atoms with Crippen LogP contribution in [0.1, 0.15) is 30.0 Å². The van der Waals surface area contributed by atoms with Crippen LogP contribution < -0.4 is 0 Å². The molecule has 0 radical (unpaired) electrons. The fourth-order valence-electron chi connectivity index (χ4n) is 2.97. The Morgan fingerprint density at radius 3 is 3.06 bits per heavy atom. The maximum absolute atomic E-state index is 5.49. The van der Waals surface area contributed by atoms with Crippen molar-refractivity contribution in [3.63, 3.8) is 0 Å². The van der Waals surface area contributed by atoms with Crippen molar-refractivity contribution in [2.24, 2.45) is 0 Å². The van der Waals surface area contributed by atoms with Crippen molar-refractivity contribution >= 4 is 0 Å². The van der Waals surface area contributed by atoms with Crippen molar-refractivity contribution in [2.75, 3.05) is 19.8 Å². The predicted molar refractivity (Wildman–Crippen MR) is 69.2 cm³/mol. The summed E-state index contributed by atoms with van der Waals surface area (Å²) in [4.78, 5) is 2.60. The van der Waals surface area contributed by atoms with Gasteiger partial charge in [-0.1, -0.05) is 25.1 Å². The highest BCUT2D eigenvalue weighted by atomic mass is 16.5. The fourth-order valence-corrected chi connectivity index (χ4v) is 2.97. The van der Waals surface area contributed by atoms with Gasteiger partial charge in [-0.25, -0.2) is 0 Å². The lowest BCUT2D eigenvalue weighted by Gasteiger charge is -2.33. The number of nitrogens with zero attached hydrogens (tertiary/aromatic N) is 1. The Morgan fingerprint density at radius 1 is 1.35 bits per heavy atom.